The molecule has 4 N–H and O–H groups in total. The Bertz CT molecular complexity index is 944. The number of nitrogens with zero attached hydrogens (tertiary/aromatic N) is 3. The van der Waals surface area contributed by atoms with Crippen LogP contribution in [0.1, 0.15) is 0 Å². The molecule has 0 atom stereocenters. The van der Waals surface area contributed by atoms with Crippen molar-refractivity contribution in [1.82, 2.24) is 19.9 Å². The van der Waals surface area contributed by atoms with Crippen LogP contribution in [0.15, 0.2) is 61.1 Å². The van der Waals surface area contributed by atoms with Crippen LogP contribution in [0.5, 0.6) is 0 Å². The van der Waals surface area contributed by atoms with E-state index in [-0.39, 0.29) is 0 Å². The van der Waals surface area contributed by atoms with Gasteiger partial charge in [0.05, 0.1) is 17.4 Å². The van der Waals surface area contributed by atoms with Crippen LogP contribution < -0.4 is 11.1 Å². The lowest BCUT2D eigenvalue weighted by Gasteiger charge is -2.04. The maximum atomic E-state index is 5.72. The minimum atomic E-state index is 0.678. The summed E-state index contributed by atoms with van der Waals surface area (Å²) in [6.45, 7) is 0. The third-order valence-corrected chi connectivity index (χ3v) is 3.49. The molecule has 0 fully saturated rings. The summed E-state index contributed by atoms with van der Waals surface area (Å²) in [6, 6.07) is 13.4. The molecular weight excluding hydrogens is 288 g/mol. The Morgan fingerprint density at radius 1 is 0.957 bits per heavy atom. The van der Waals surface area contributed by atoms with E-state index in [0.717, 1.165) is 34.0 Å². The van der Waals surface area contributed by atoms with Crippen molar-refractivity contribution in [2.75, 3.05) is 11.1 Å². The van der Waals surface area contributed by atoms with E-state index in [1.807, 2.05) is 42.5 Å². The minimum absolute atomic E-state index is 0.678. The number of imidazole rings is 1. The number of pyridine rings is 2. The van der Waals surface area contributed by atoms with Crippen molar-refractivity contribution < 1.29 is 0 Å². The molecule has 6 nitrogen and oxygen atoms in total. The molecule has 0 spiro atoms. The van der Waals surface area contributed by atoms with Crippen molar-refractivity contribution in [3.63, 3.8) is 0 Å². The molecule has 0 aliphatic heterocycles. The maximum absolute atomic E-state index is 5.72. The van der Waals surface area contributed by atoms with Crippen LogP contribution in [-0.4, -0.2) is 19.9 Å². The summed E-state index contributed by atoms with van der Waals surface area (Å²) in [7, 11) is 0. The Morgan fingerprint density at radius 3 is 2.52 bits per heavy atom. The molecule has 0 amide bonds. The molecule has 4 rings (SSSR count). The van der Waals surface area contributed by atoms with Gasteiger partial charge in [0.1, 0.15) is 5.82 Å². The van der Waals surface area contributed by atoms with Crippen molar-refractivity contribution in [3.05, 3.63) is 61.1 Å². The van der Waals surface area contributed by atoms with Gasteiger partial charge in [-0.3, -0.25) is 4.98 Å². The summed E-state index contributed by atoms with van der Waals surface area (Å²) < 4.78 is 0. The first-order valence-corrected chi connectivity index (χ1v) is 7.17. The smallest absolute Gasteiger partial charge is 0.178 e. The molecule has 6 heteroatoms. The van der Waals surface area contributed by atoms with E-state index in [2.05, 4.69) is 25.3 Å². The standard InChI is InChI=1S/C17H14N6/c18-12-3-1-11(2-4-12)16-22-15-9-14(10-20-17(15)23-16)21-13-5-7-19-8-6-13/h1-10H,18H2,(H,19,21)(H,20,22,23). The molecule has 0 bridgehead atoms. The molecule has 0 saturated heterocycles. The van der Waals surface area contributed by atoms with Gasteiger partial charge in [-0.2, -0.15) is 0 Å². The van der Waals surface area contributed by atoms with Gasteiger partial charge in [-0.15, -0.1) is 0 Å². The summed E-state index contributed by atoms with van der Waals surface area (Å²) in [5.41, 5.74) is 10.8. The van der Waals surface area contributed by atoms with Crippen molar-refractivity contribution in [2.24, 2.45) is 0 Å². The molecule has 4 aromatic rings. The van der Waals surface area contributed by atoms with Crippen molar-refractivity contribution in [3.8, 4) is 11.4 Å². The highest BCUT2D eigenvalue weighted by atomic mass is 15.0. The van der Waals surface area contributed by atoms with Gasteiger partial charge in [0.15, 0.2) is 5.65 Å². The number of fused-ring (bicyclic) bond motifs is 1. The molecule has 3 aromatic heterocycles. The summed E-state index contributed by atoms with van der Waals surface area (Å²) in [4.78, 5) is 16.2. The Hall–Kier alpha value is -3.41. The molecule has 0 aliphatic rings. The fraction of sp³-hybridized carbons (Fsp3) is 0. The number of nitrogens with two attached hydrogens (primary N) is 1. The van der Waals surface area contributed by atoms with Crippen molar-refractivity contribution >= 4 is 28.2 Å². The highest BCUT2D eigenvalue weighted by Crippen LogP contribution is 2.23. The Morgan fingerprint density at radius 2 is 1.74 bits per heavy atom. The van der Waals surface area contributed by atoms with E-state index in [9.17, 15) is 0 Å². The number of rotatable bonds is 3. The second-order valence-electron chi connectivity index (χ2n) is 5.16. The van der Waals surface area contributed by atoms with E-state index in [1.165, 1.54) is 0 Å². The van der Waals surface area contributed by atoms with Crippen LogP contribution in [0.25, 0.3) is 22.6 Å². The average molecular weight is 302 g/mol. The van der Waals surface area contributed by atoms with E-state index >= 15 is 0 Å². The lowest BCUT2D eigenvalue weighted by Crippen LogP contribution is -1.91. The third-order valence-electron chi connectivity index (χ3n) is 3.49. The van der Waals surface area contributed by atoms with Gasteiger partial charge in [-0.05, 0) is 42.5 Å². The van der Waals surface area contributed by atoms with Crippen LogP contribution >= 0.6 is 0 Å². The lowest BCUT2D eigenvalue weighted by molar-refractivity contribution is 1.30. The highest BCUT2D eigenvalue weighted by molar-refractivity contribution is 5.80. The molecule has 23 heavy (non-hydrogen) atoms. The fourth-order valence-corrected chi connectivity index (χ4v) is 2.35. The number of nitrogens with one attached hydrogen (secondary N) is 2. The molecule has 0 saturated carbocycles. The normalized spacial score (nSPS) is 10.8. The Balaban J connectivity index is 1.68. The third kappa shape index (κ3) is 2.69. The van der Waals surface area contributed by atoms with E-state index in [4.69, 9.17) is 5.73 Å². The average Bonchev–Trinajstić information content (AvgIpc) is 3.00. The summed E-state index contributed by atoms with van der Waals surface area (Å²) in [6.07, 6.45) is 5.24. The Labute approximate surface area is 132 Å². The monoisotopic (exact) mass is 302 g/mol. The van der Waals surface area contributed by atoms with E-state index < -0.39 is 0 Å². The number of aromatic nitrogens is 4. The minimum Gasteiger partial charge on any atom is -0.399 e. The molecule has 112 valence electrons. The fourth-order valence-electron chi connectivity index (χ4n) is 2.35. The second kappa shape index (κ2) is 5.42. The Kier molecular flexibility index (Phi) is 3.12. The van der Waals surface area contributed by atoms with Gasteiger partial charge in [0.2, 0.25) is 0 Å². The maximum Gasteiger partial charge on any atom is 0.178 e. The predicted octanol–water partition coefficient (Wildman–Crippen LogP) is 3.35. The van der Waals surface area contributed by atoms with Crippen LogP contribution in [0.2, 0.25) is 0 Å². The number of H-pyrrole nitrogens is 1. The quantitative estimate of drug-likeness (QED) is 0.505. The van der Waals surface area contributed by atoms with Gasteiger partial charge in [-0.1, -0.05) is 0 Å². The molecule has 0 aliphatic carbocycles. The molecular formula is C17H14N6. The molecule has 1 aromatic carbocycles. The number of aromatic amines is 1. The number of benzene rings is 1. The first-order valence-electron chi connectivity index (χ1n) is 7.17. The van der Waals surface area contributed by atoms with E-state index in [0.29, 0.717) is 5.65 Å². The lowest BCUT2D eigenvalue weighted by atomic mass is 10.2. The molecule has 0 radical (unpaired) electrons. The first kappa shape index (κ1) is 13.3. The number of anilines is 3. The summed E-state index contributed by atoms with van der Waals surface area (Å²) >= 11 is 0. The first-order chi connectivity index (χ1) is 11.3. The highest BCUT2D eigenvalue weighted by Gasteiger charge is 2.07. The SMILES string of the molecule is Nc1ccc(-c2nc3ncc(Nc4ccncc4)cc3[nH]2)cc1. The zero-order valence-corrected chi connectivity index (χ0v) is 12.2. The van der Waals surface area contributed by atoms with Crippen LogP contribution in [0.4, 0.5) is 17.1 Å². The topological polar surface area (TPSA) is 92.5 Å². The number of nitrogen functional groups attached to an aromatic ring is 1. The van der Waals surface area contributed by atoms with Crippen LogP contribution in [0, 0.1) is 0 Å². The van der Waals surface area contributed by atoms with Crippen LogP contribution in [-0.2, 0) is 0 Å². The number of hydrogen-bond donors (Lipinski definition) is 3. The van der Waals surface area contributed by atoms with Crippen LogP contribution in [0.3, 0.4) is 0 Å². The van der Waals surface area contributed by atoms with E-state index in [1.54, 1.807) is 18.6 Å². The summed E-state index contributed by atoms with van der Waals surface area (Å²) in [5, 5.41) is 3.29. The summed E-state index contributed by atoms with van der Waals surface area (Å²) in [5.74, 6) is 0.772. The molecule has 0 unspecified atom stereocenters. The predicted molar refractivity (Wildman–Crippen MR) is 91.3 cm³/mol. The zero-order valence-electron chi connectivity index (χ0n) is 12.2. The van der Waals surface area contributed by atoms with Gasteiger partial charge >= 0.3 is 0 Å². The molecule has 3 heterocycles. The van der Waals surface area contributed by atoms with Gasteiger partial charge in [0, 0.05) is 29.3 Å². The van der Waals surface area contributed by atoms with Crippen molar-refractivity contribution in [2.45, 2.75) is 0 Å². The van der Waals surface area contributed by atoms with Gasteiger partial charge in [0.25, 0.3) is 0 Å². The largest absolute Gasteiger partial charge is 0.399 e. The van der Waals surface area contributed by atoms with Gasteiger partial charge < -0.3 is 16.0 Å². The van der Waals surface area contributed by atoms with Crippen molar-refractivity contribution in [1.29, 1.82) is 0 Å². The zero-order chi connectivity index (χ0) is 15.6. The number of hydrogen-bond acceptors (Lipinski definition) is 5. The van der Waals surface area contributed by atoms with Gasteiger partial charge in [-0.25, -0.2) is 9.97 Å². The second-order valence-corrected chi connectivity index (χ2v) is 5.16.